The van der Waals surface area contributed by atoms with Crippen LogP contribution >= 0.6 is 0 Å². The molecule has 0 amide bonds. The van der Waals surface area contributed by atoms with E-state index in [1.54, 1.807) is 6.92 Å². The van der Waals surface area contributed by atoms with Gasteiger partial charge in [-0.05, 0) is 6.42 Å². The smallest absolute Gasteiger partial charge is 0.308 e. The molecule has 0 aromatic carbocycles. The molecule has 70 valence electrons. The summed E-state index contributed by atoms with van der Waals surface area (Å²) in [6, 6.07) is 3.84. The second-order valence-corrected chi connectivity index (χ2v) is 2.67. The van der Waals surface area contributed by atoms with Crippen LogP contribution in [0.15, 0.2) is 0 Å². The molecule has 4 heteroatoms. The molecule has 0 saturated heterocycles. The maximum absolute atomic E-state index is 11.1. The number of rotatable bonds is 5. The van der Waals surface area contributed by atoms with E-state index in [1.165, 1.54) is 0 Å². The molecule has 0 radical (unpaired) electrons. The van der Waals surface area contributed by atoms with Crippen molar-refractivity contribution in [1.82, 2.24) is 0 Å². The van der Waals surface area contributed by atoms with Crippen LogP contribution in [0.25, 0.3) is 0 Å². The first kappa shape index (κ1) is 11.4. The Balaban J connectivity index is 3.59. The molecule has 0 spiro atoms. The van der Waals surface area contributed by atoms with Gasteiger partial charge < -0.3 is 4.74 Å². The minimum Gasteiger partial charge on any atom is -0.464 e. The van der Waals surface area contributed by atoms with Gasteiger partial charge in [0.1, 0.15) is 6.61 Å². The second kappa shape index (κ2) is 7.12. The van der Waals surface area contributed by atoms with E-state index in [0.29, 0.717) is 12.8 Å². The lowest BCUT2D eigenvalue weighted by molar-refractivity contribution is -0.147. The highest BCUT2D eigenvalue weighted by Gasteiger charge is 2.13. The molecule has 13 heavy (non-hydrogen) atoms. The molecule has 0 aromatic heterocycles. The molecule has 0 aliphatic rings. The fraction of sp³-hybridized carbons (Fsp3) is 0.667. The number of nitriles is 2. The zero-order chi connectivity index (χ0) is 10.1. The number of esters is 1. The van der Waals surface area contributed by atoms with E-state index >= 15 is 0 Å². The van der Waals surface area contributed by atoms with Crippen molar-refractivity contribution in [3.8, 4) is 12.1 Å². The van der Waals surface area contributed by atoms with E-state index in [4.69, 9.17) is 15.3 Å². The van der Waals surface area contributed by atoms with Crippen molar-refractivity contribution in [2.24, 2.45) is 5.92 Å². The van der Waals surface area contributed by atoms with Gasteiger partial charge in [0.15, 0.2) is 0 Å². The Morgan fingerprint density at radius 3 is 2.54 bits per heavy atom. The van der Waals surface area contributed by atoms with Gasteiger partial charge in [-0.25, -0.2) is 0 Å². The number of nitrogens with zero attached hydrogens (tertiary/aromatic N) is 2. The summed E-state index contributed by atoms with van der Waals surface area (Å²) in [4.78, 5) is 11.1. The van der Waals surface area contributed by atoms with Crippen LogP contribution in [0, 0.1) is 28.6 Å². The highest BCUT2D eigenvalue weighted by atomic mass is 16.5. The number of ether oxygens (including phenoxy) is 1. The first-order valence-electron chi connectivity index (χ1n) is 4.13. The highest BCUT2D eigenvalue weighted by Crippen LogP contribution is 2.06. The van der Waals surface area contributed by atoms with Crippen molar-refractivity contribution in [3.05, 3.63) is 0 Å². The number of hydrogen-bond donors (Lipinski definition) is 0. The predicted molar refractivity (Wildman–Crippen MR) is 45.2 cm³/mol. The van der Waals surface area contributed by atoms with E-state index in [9.17, 15) is 4.79 Å². The van der Waals surface area contributed by atoms with E-state index < -0.39 is 0 Å². The van der Waals surface area contributed by atoms with Gasteiger partial charge >= 0.3 is 5.97 Å². The number of hydrogen-bond acceptors (Lipinski definition) is 4. The summed E-state index contributed by atoms with van der Waals surface area (Å²) in [5, 5.41) is 16.4. The number of carbonyl (C=O) groups excluding carboxylic acids is 1. The Labute approximate surface area is 77.7 Å². The van der Waals surface area contributed by atoms with Crippen LogP contribution in [0.4, 0.5) is 0 Å². The Kier molecular flexibility index (Phi) is 6.27. The van der Waals surface area contributed by atoms with Crippen molar-refractivity contribution in [2.45, 2.75) is 26.2 Å². The van der Waals surface area contributed by atoms with E-state index in [-0.39, 0.29) is 24.9 Å². The molecule has 0 saturated carbocycles. The van der Waals surface area contributed by atoms with Crippen LogP contribution < -0.4 is 0 Å². The zero-order valence-corrected chi connectivity index (χ0v) is 7.62. The summed E-state index contributed by atoms with van der Waals surface area (Å²) >= 11 is 0. The van der Waals surface area contributed by atoms with Crippen LogP contribution in [0.1, 0.15) is 26.2 Å². The van der Waals surface area contributed by atoms with E-state index in [0.717, 1.165) is 0 Å². The largest absolute Gasteiger partial charge is 0.464 e. The normalized spacial score (nSPS) is 11.0. The van der Waals surface area contributed by atoms with Crippen LogP contribution in [-0.4, -0.2) is 12.6 Å². The standard InChI is InChI=1S/C9H12N2O2/c1-8(4-2-5-10)9(12)13-7-3-6-11/h8H,2-4,7H2,1H3. The zero-order valence-electron chi connectivity index (χ0n) is 7.62. The summed E-state index contributed by atoms with van der Waals surface area (Å²) in [6.07, 6.45) is 1.09. The quantitative estimate of drug-likeness (QED) is 0.473. The Morgan fingerprint density at radius 1 is 1.38 bits per heavy atom. The first-order valence-corrected chi connectivity index (χ1v) is 4.13. The summed E-state index contributed by atoms with van der Waals surface area (Å²) in [6.45, 7) is 1.86. The molecular weight excluding hydrogens is 168 g/mol. The maximum Gasteiger partial charge on any atom is 0.308 e. The van der Waals surface area contributed by atoms with Crippen molar-refractivity contribution < 1.29 is 9.53 Å². The molecule has 0 aromatic rings. The highest BCUT2D eigenvalue weighted by molar-refractivity contribution is 5.71. The third-order valence-electron chi connectivity index (χ3n) is 1.55. The third-order valence-corrected chi connectivity index (χ3v) is 1.55. The van der Waals surface area contributed by atoms with Crippen molar-refractivity contribution in [2.75, 3.05) is 6.61 Å². The van der Waals surface area contributed by atoms with E-state index in [2.05, 4.69) is 0 Å². The SMILES string of the molecule is CC(CCC#N)C(=O)OCCC#N. The first-order chi connectivity index (χ1) is 6.22. The topological polar surface area (TPSA) is 73.9 Å². The third kappa shape index (κ3) is 5.69. The van der Waals surface area contributed by atoms with Gasteiger partial charge in [-0.1, -0.05) is 6.92 Å². The van der Waals surface area contributed by atoms with Crippen LogP contribution in [0.3, 0.4) is 0 Å². The maximum atomic E-state index is 11.1. The summed E-state index contributed by atoms with van der Waals surface area (Å²) < 4.78 is 4.77. The van der Waals surface area contributed by atoms with Crippen LogP contribution in [0.5, 0.6) is 0 Å². The Hall–Kier alpha value is -1.55. The minimum atomic E-state index is -0.328. The van der Waals surface area contributed by atoms with Crippen molar-refractivity contribution >= 4 is 5.97 Å². The fourth-order valence-corrected chi connectivity index (χ4v) is 0.738. The lowest BCUT2D eigenvalue weighted by Crippen LogP contribution is -2.15. The van der Waals surface area contributed by atoms with Gasteiger partial charge in [-0.15, -0.1) is 0 Å². The van der Waals surface area contributed by atoms with Gasteiger partial charge in [0.05, 0.1) is 24.5 Å². The molecule has 0 bridgehead atoms. The molecule has 0 aliphatic carbocycles. The van der Waals surface area contributed by atoms with Gasteiger partial charge in [-0.2, -0.15) is 10.5 Å². The summed E-state index contributed by atoms with van der Waals surface area (Å²) in [7, 11) is 0. The predicted octanol–water partition coefficient (Wildman–Crippen LogP) is 1.38. The molecular formula is C9H12N2O2. The van der Waals surface area contributed by atoms with Gasteiger partial charge in [0.2, 0.25) is 0 Å². The summed E-state index contributed by atoms with van der Waals surface area (Å²) in [5.41, 5.74) is 0. The molecule has 0 rings (SSSR count). The van der Waals surface area contributed by atoms with Gasteiger partial charge in [0, 0.05) is 6.42 Å². The fourth-order valence-electron chi connectivity index (χ4n) is 0.738. The van der Waals surface area contributed by atoms with Gasteiger partial charge in [0.25, 0.3) is 0 Å². The van der Waals surface area contributed by atoms with Crippen molar-refractivity contribution in [3.63, 3.8) is 0 Å². The molecule has 0 heterocycles. The van der Waals surface area contributed by atoms with Crippen molar-refractivity contribution in [1.29, 1.82) is 10.5 Å². The molecule has 1 unspecified atom stereocenters. The van der Waals surface area contributed by atoms with Crippen LogP contribution in [-0.2, 0) is 9.53 Å². The average Bonchev–Trinajstić information content (AvgIpc) is 2.14. The van der Waals surface area contributed by atoms with Crippen LogP contribution in [0.2, 0.25) is 0 Å². The average molecular weight is 180 g/mol. The molecule has 0 aliphatic heterocycles. The molecule has 4 nitrogen and oxygen atoms in total. The minimum absolute atomic E-state index is 0.145. The lowest BCUT2D eigenvalue weighted by Gasteiger charge is -2.07. The molecule has 0 fully saturated rings. The molecule has 1 atom stereocenters. The summed E-state index contributed by atoms with van der Waals surface area (Å²) in [5.74, 6) is -0.580. The lowest BCUT2D eigenvalue weighted by atomic mass is 10.1. The second-order valence-electron chi connectivity index (χ2n) is 2.67. The van der Waals surface area contributed by atoms with Gasteiger partial charge in [-0.3, -0.25) is 4.79 Å². The number of carbonyl (C=O) groups is 1. The molecule has 0 N–H and O–H groups in total. The van der Waals surface area contributed by atoms with E-state index in [1.807, 2.05) is 12.1 Å². The Bertz CT molecular complexity index is 237. The Morgan fingerprint density at radius 2 is 2.00 bits per heavy atom. The monoisotopic (exact) mass is 180 g/mol.